The lowest BCUT2D eigenvalue weighted by Gasteiger charge is -2.24. The Morgan fingerprint density at radius 1 is 0.800 bits per heavy atom. The molecule has 0 spiro atoms. The molecule has 0 unspecified atom stereocenters. The largest absolute Gasteiger partial charge is 0.497 e. The average Bonchev–Trinajstić information content (AvgIpc) is 2.53. The molecule has 0 aliphatic rings. The molecule has 2 rings (SSSR count). The summed E-state index contributed by atoms with van der Waals surface area (Å²) in [6.07, 6.45) is -1.43. The zero-order valence-corrected chi connectivity index (χ0v) is 11.7. The Morgan fingerprint density at radius 2 is 1.30 bits per heavy atom. The summed E-state index contributed by atoms with van der Waals surface area (Å²) in [7, 11) is 1.60. The lowest BCUT2D eigenvalue weighted by atomic mass is 9.89. The summed E-state index contributed by atoms with van der Waals surface area (Å²) in [5, 5.41) is 20.7. The molecule has 106 valence electrons. The van der Waals surface area contributed by atoms with Crippen molar-refractivity contribution >= 4 is 0 Å². The third-order valence-corrected chi connectivity index (χ3v) is 3.59. The lowest BCUT2D eigenvalue weighted by molar-refractivity contribution is 0.0199. The van der Waals surface area contributed by atoms with Crippen molar-refractivity contribution in [3.8, 4) is 5.75 Å². The average molecular weight is 272 g/mol. The van der Waals surface area contributed by atoms with Crippen LogP contribution >= 0.6 is 0 Å². The Bertz CT molecular complexity index is 522. The molecule has 20 heavy (non-hydrogen) atoms. The van der Waals surface area contributed by atoms with Gasteiger partial charge in [-0.15, -0.1) is 0 Å². The van der Waals surface area contributed by atoms with Gasteiger partial charge in [0.25, 0.3) is 0 Å². The Kier molecular flexibility index (Phi) is 4.77. The second-order valence-corrected chi connectivity index (χ2v) is 4.93. The van der Waals surface area contributed by atoms with E-state index in [1.807, 2.05) is 49.4 Å². The van der Waals surface area contributed by atoms with Crippen LogP contribution in [0.4, 0.5) is 0 Å². The summed E-state index contributed by atoms with van der Waals surface area (Å²) in [5.41, 5.74) is 1.58. The van der Waals surface area contributed by atoms with E-state index in [9.17, 15) is 10.2 Å². The Hall–Kier alpha value is -1.84. The molecule has 2 aromatic rings. The number of hydrogen-bond acceptors (Lipinski definition) is 3. The van der Waals surface area contributed by atoms with E-state index >= 15 is 0 Å². The van der Waals surface area contributed by atoms with E-state index in [2.05, 4.69) is 0 Å². The summed E-state index contributed by atoms with van der Waals surface area (Å²) in [4.78, 5) is 0. The van der Waals surface area contributed by atoms with Crippen LogP contribution in [-0.2, 0) is 0 Å². The molecule has 0 radical (unpaired) electrons. The highest BCUT2D eigenvalue weighted by atomic mass is 16.5. The van der Waals surface area contributed by atoms with E-state index in [0.29, 0.717) is 0 Å². The van der Waals surface area contributed by atoms with Gasteiger partial charge >= 0.3 is 0 Å². The third kappa shape index (κ3) is 3.18. The summed E-state index contributed by atoms with van der Waals surface area (Å²) in [6, 6.07) is 16.6. The van der Waals surface area contributed by atoms with Crippen LogP contribution < -0.4 is 4.74 Å². The van der Waals surface area contributed by atoms with E-state index in [1.165, 1.54) is 0 Å². The van der Waals surface area contributed by atoms with Gasteiger partial charge in [-0.05, 0) is 23.3 Å². The fraction of sp³-hybridized carbons (Fsp3) is 0.294. The molecule has 0 aliphatic carbocycles. The highest BCUT2D eigenvalue weighted by molar-refractivity contribution is 5.29. The minimum atomic E-state index is -0.726. The SMILES string of the molecule is COc1ccc([C@H](O)[C@@H](C)[C@H](O)c2ccccc2)cc1. The van der Waals surface area contributed by atoms with E-state index in [0.717, 1.165) is 16.9 Å². The number of rotatable bonds is 5. The first-order chi connectivity index (χ1) is 9.63. The van der Waals surface area contributed by atoms with Crippen molar-refractivity contribution in [3.05, 3.63) is 65.7 Å². The summed E-state index contributed by atoms with van der Waals surface area (Å²) in [6.45, 7) is 1.84. The fourth-order valence-electron chi connectivity index (χ4n) is 2.23. The summed E-state index contributed by atoms with van der Waals surface area (Å²) < 4.78 is 5.10. The highest BCUT2D eigenvalue weighted by Gasteiger charge is 2.24. The molecule has 0 bridgehead atoms. The van der Waals surface area contributed by atoms with Crippen molar-refractivity contribution in [2.24, 2.45) is 5.92 Å². The molecule has 3 nitrogen and oxygen atoms in total. The van der Waals surface area contributed by atoms with Gasteiger partial charge in [0.15, 0.2) is 0 Å². The number of benzene rings is 2. The molecule has 0 heterocycles. The highest BCUT2D eigenvalue weighted by Crippen LogP contribution is 2.32. The van der Waals surface area contributed by atoms with Crippen molar-refractivity contribution in [2.75, 3.05) is 7.11 Å². The molecule has 2 N–H and O–H groups in total. The molecule has 0 aliphatic heterocycles. The van der Waals surface area contributed by atoms with Crippen LogP contribution in [0.3, 0.4) is 0 Å². The van der Waals surface area contributed by atoms with Gasteiger partial charge in [-0.1, -0.05) is 49.4 Å². The third-order valence-electron chi connectivity index (χ3n) is 3.59. The quantitative estimate of drug-likeness (QED) is 0.879. The molecule has 0 fully saturated rings. The van der Waals surface area contributed by atoms with Gasteiger partial charge in [0.2, 0.25) is 0 Å². The van der Waals surface area contributed by atoms with Gasteiger partial charge in [0.05, 0.1) is 19.3 Å². The topological polar surface area (TPSA) is 49.7 Å². The second kappa shape index (κ2) is 6.55. The number of aliphatic hydroxyl groups excluding tert-OH is 2. The predicted molar refractivity (Wildman–Crippen MR) is 78.5 cm³/mol. The van der Waals surface area contributed by atoms with Gasteiger partial charge in [-0.25, -0.2) is 0 Å². The fourth-order valence-corrected chi connectivity index (χ4v) is 2.23. The molecular weight excluding hydrogens is 252 g/mol. The van der Waals surface area contributed by atoms with Gasteiger partial charge < -0.3 is 14.9 Å². The summed E-state index contributed by atoms with van der Waals surface area (Å²) in [5.74, 6) is 0.447. The normalized spacial score (nSPS) is 15.4. The molecule has 3 heteroatoms. The van der Waals surface area contributed by atoms with E-state index in [4.69, 9.17) is 4.74 Å². The van der Waals surface area contributed by atoms with Crippen LogP contribution in [0.1, 0.15) is 30.3 Å². The maximum absolute atomic E-state index is 10.4. The zero-order valence-electron chi connectivity index (χ0n) is 11.7. The van der Waals surface area contributed by atoms with E-state index in [1.54, 1.807) is 19.2 Å². The molecule has 0 saturated carbocycles. The number of hydrogen-bond donors (Lipinski definition) is 2. The first-order valence-corrected chi connectivity index (χ1v) is 6.68. The maximum Gasteiger partial charge on any atom is 0.118 e. The van der Waals surface area contributed by atoms with Crippen molar-refractivity contribution in [2.45, 2.75) is 19.1 Å². The molecule has 0 saturated heterocycles. The van der Waals surface area contributed by atoms with Crippen molar-refractivity contribution in [1.29, 1.82) is 0 Å². The van der Waals surface area contributed by atoms with Crippen molar-refractivity contribution < 1.29 is 14.9 Å². The second-order valence-electron chi connectivity index (χ2n) is 4.93. The lowest BCUT2D eigenvalue weighted by Crippen LogP contribution is -2.17. The van der Waals surface area contributed by atoms with Crippen LogP contribution in [0.15, 0.2) is 54.6 Å². The van der Waals surface area contributed by atoms with Crippen LogP contribution in [-0.4, -0.2) is 17.3 Å². The minimum absolute atomic E-state index is 0.300. The van der Waals surface area contributed by atoms with Crippen LogP contribution in [0.25, 0.3) is 0 Å². The van der Waals surface area contributed by atoms with Gasteiger partial charge in [-0.2, -0.15) is 0 Å². The van der Waals surface area contributed by atoms with Gasteiger partial charge in [-0.3, -0.25) is 0 Å². The maximum atomic E-state index is 10.4. The standard InChI is InChI=1S/C17H20O3/c1-12(16(18)13-6-4-3-5-7-13)17(19)14-8-10-15(20-2)11-9-14/h3-12,16-19H,1-2H3/t12-,16-,17+/m0/s1. The van der Waals surface area contributed by atoms with Crippen LogP contribution in [0.5, 0.6) is 5.75 Å². The molecule has 0 aromatic heterocycles. The van der Waals surface area contributed by atoms with E-state index in [-0.39, 0.29) is 5.92 Å². The van der Waals surface area contributed by atoms with Crippen LogP contribution in [0.2, 0.25) is 0 Å². The zero-order chi connectivity index (χ0) is 14.5. The van der Waals surface area contributed by atoms with Gasteiger partial charge in [0.1, 0.15) is 5.75 Å². The first-order valence-electron chi connectivity index (χ1n) is 6.68. The van der Waals surface area contributed by atoms with Crippen LogP contribution in [0, 0.1) is 5.92 Å². The van der Waals surface area contributed by atoms with Crippen molar-refractivity contribution in [3.63, 3.8) is 0 Å². The predicted octanol–water partition coefficient (Wildman–Crippen LogP) is 3.10. The number of aliphatic hydroxyl groups is 2. The molecule has 3 atom stereocenters. The minimum Gasteiger partial charge on any atom is -0.497 e. The molecule has 2 aromatic carbocycles. The smallest absolute Gasteiger partial charge is 0.118 e. The van der Waals surface area contributed by atoms with E-state index < -0.39 is 12.2 Å². The number of methoxy groups -OCH3 is 1. The first kappa shape index (κ1) is 14.6. The Balaban J connectivity index is 2.13. The van der Waals surface area contributed by atoms with Gasteiger partial charge in [0, 0.05) is 5.92 Å². The molecular formula is C17H20O3. The molecule has 0 amide bonds. The Labute approximate surface area is 119 Å². The number of ether oxygens (including phenoxy) is 1. The Morgan fingerprint density at radius 3 is 1.80 bits per heavy atom. The summed E-state index contributed by atoms with van der Waals surface area (Å²) >= 11 is 0. The monoisotopic (exact) mass is 272 g/mol. The van der Waals surface area contributed by atoms with Crippen molar-refractivity contribution in [1.82, 2.24) is 0 Å².